The Hall–Kier alpha value is -2.08. The fourth-order valence-corrected chi connectivity index (χ4v) is 4.28. The molecule has 0 aromatic heterocycles. The molecule has 2 heterocycles. The van der Waals surface area contributed by atoms with Crippen LogP contribution < -0.4 is 9.80 Å². The van der Waals surface area contributed by atoms with Crippen molar-refractivity contribution in [2.75, 3.05) is 36.1 Å². The Morgan fingerprint density at radius 2 is 1.93 bits per heavy atom. The van der Waals surface area contributed by atoms with Crippen molar-refractivity contribution in [3.8, 4) is 0 Å². The zero-order chi connectivity index (χ0) is 20.9. The topological polar surface area (TPSA) is 42.0 Å². The average molecular weight is 429 g/mol. The average Bonchev–Trinajstić information content (AvgIpc) is 2.87. The van der Waals surface area contributed by atoms with Gasteiger partial charge in [-0.1, -0.05) is 37.1 Å². The molecule has 0 bridgehead atoms. The van der Waals surface area contributed by atoms with E-state index in [4.69, 9.17) is 21.1 Å². The second-order valence-electron chi connectivity index (χ2n) is 7.78. The lowest BCUT2D eigenvalue weighted by atomic mass is 10.1. The summed E-state index contributed by atoms with van der Waals surface area (Å²) < 4.78 is 11.6. The lowest BCUT2D eigenvalue weighted by Crippen LogP contribution is -2.35. The van der Waals surface area contributed by atoms with Crippen molar-refractivity contribution >= 4 is 34.6 Å². The van der Waals surface area contributed by atoms with Crippen LogP contribution >= 0.6 is 11.6 Å². The van der Waals surface area contributed by atoms with Crippen LogP contribution in [0.2, 0.25) is 5.02 Å². The van der Waals surface area contributed by atoms with Gasteiger partial charge in [0.25, 0.3) is 5.91 Å². The van der Waals surface area contributed by atoms with Crippen molar-refractivity contribution in [1.29, 1.82) is 0 Å². The van der Waals surface area contributed by atoms with Crippen LogP contribution in [0.4, 0.5) is 17.1 Å². The summed E-state index contributed by atoms with van der Waals surface area (Å²) in [5.41, 5.74) is 3.46. The van der Waals surface area contributed by atoms with Gasteiger partial charge in [-0.25, -0.2) is 0 Å². The summed E-state index contributed by atoms with van der Waals surface area (Å²) in [7, 11) is 0. The van der Waals surface area contributed by atoms with Crippen LogP contribution in [0.15, 0.2) is 42.5 Å². The molecule has 2 aliphatic rings. The summed E-state index contributed by atoms with van der Waals surface area (Å²) in [4.78, 5) is 17.6. The highest BCUT2D eigenvalue weighted by atomic mass is 35.5. The first-order valence-electron chi connectivity index (χ1n) is 10.9. The molecule has 5 nitrogen and oxygen atoms in total. The van der Waals surface area contributed by atoms with Gasteiger partial charge in [-0.3, -0.25) is 4.79 Å². The maximum Gasteiger partial charge on any atom is 0.260 e. The van der Waals surface area contributed by atoms with E-state index in [-0.39, 0.29) is 12.2 Å². The molecule has 30 heavy (non-hydrogen) atoms. The van der Waals surface area contributed by atoms with Gasteiger partial charge in [-0.2, -0.15) is 0 Å². The number of anilines is 3. The molecule has 0 spiro atoms. The predicted octanol–water partition coefficient (Wildman–Crippen LogP) is 5.78. The van der Waals surface area contributed by atoms with Crippen LogP contribution in [0.1, 0.15) is 49.4 Å². The molecule has 1 atom stereocenters. The molecule has 1 saturated heterocycles. The van der Waals surface area contributed by atoms with E-state index < -0.39 is 0 Å². The maximum absolute atomic E-state index is 13.6. The molecule has 160 valence electrons. The Balaban J connectivity index is 1.66. The van der Waals surface area contributed by atoms with Crippen LogP contribution in [0.5, 0.6) is 0 Å². The second kappa shape index (κ2) is 9.82. The van der Waals surface area contributed by atoms with Crippen LogP contribution in [0, 0.1) is 0 Å². The maximum atomic E-state index is 13.6. The van der Waals surface area contributed by atoms with Crippen LogP contribution in [-0.2, 0) is 9.47 Å². The molecule has 2 aliphatic heterocycles. The smallest absolute Gasteiger partial charge is 0.260 e. The van der Waals surface area contributed by atoms with Crippen molar-refractivity contribution < 1.29 is 14.3 Å². The minimum Gasteiger partial charge on any atom is -0.353 e. The van der Waals surface area contributed by atoms with Gasteiger partial charge in [0.2, 0.25) is 0 Å². The van der Waals surface area contributed by atoms with Crippen LogP contribution in [0.3, 0.4) is 0 Å². The SMILES string of the molecule is CCCCN1c2ccccc2C(=O)N(CCOC2CCCCO2)c2ccc(Cl)cc21. The number of ether oxygens (including phenoxy) is 2. The number of carbonyl (C=O) groups is 1. The van der Waals surface area contributed by atoms with Gasteiger partial charge in [0.1, 0.15) is 0 Å². The number of para-hydroxylation sites is 1. The van der Waals surface area contributed by atoms with Gasteiger partial charge in [0.05, 0.1) is 29.2 Å². The van der Waals surface area contributed by atoms with Gasteiger partial charge in [0, 0.05) is 24.7 Å². The number of fused-ring (bicyclic) bond motifs is 2. The summed E-state index contributed by atoms with van der Waals surface area (Å²) in [6.07, 6.45) is 5.04. The zero-order valence-corrected chi connectivity index (χ0v) is 18.2. The van der Waals surface area contributed by atoms with E-state index in [0.717, 1.165) is 62.3 Å². The third kappa shape index (κ3) is 4.48. The minimum absolute atomic E-state index is 0.0127. The largest absolute Gasteiger partial charge is 0.353 e. The summed E-state index contributed by atoms with van der Waals surface area (Å²) in [5.74, 6) is -0.0127. The summed E-state index contributed by atoms with van der Waals surface area (Å²) in [6, 6.07) is 13.6. The molecule has 1 amide bonds. The van der Waals surface area contributed by atoms with Gasteiger partial charge < -0.3 is 19.3 Å². The first-order valence-corrected chi connectivity index (χ1v) is 11.3. The summed E-state index contributed by atoms with van der Waals surface area (Å²) in [5, 5.41) is 0.661. The minimum atomic E-state index is -0.168. The molecule has 0 radical (unpaired) electrons. The first kappa shape index (κ1) is 21.2. The number of halogens is 1. The number of hydrogen-bond donors (Lipinski definition) is 0. The summed E-state index contributed by atoms with van der Waals surface area (Å²) in [6.45, 7) is 4.63. The normalized spacial score (nSPS) is 18.7. The number of carbonyl (C=O) groups excluding carboxylic acids is 1. The monoisotopic (exact) mass is 428 g/mol. The lowest BCUT2D eigenvalue weighted by Gasteiger charge is -2.28. The number of hydrogen-bond acceptors (Lipinski definition) is 4. The highest BCUT2D eigenvalue weighted by Crippen LogP contribution is 2.42. The van der Waals surface area contributed by atoms with E-state index in [1.54, 1.807) is 0 Å². The Labute approximate surface area is 183 Å². The Morgan fingerprint density at radius 1 is 1.07 bits per heavy atom. The molecule has 0 saturated carbocycles. The zero-order valence-electron chi connectivity index (χ0n) is 17.5. The van der Waals surface area contributed by atoms with E-state index in [9.17, 15) is 4.79 Å². The molecule has 2 aromatic carbocycles. The fourth-order valence-electron chi connectivity index (χ4n) is 4.11. The van der Waals surface area contributed by atoms with Crippen molar-refractivity contribution in [3.63, 3.8) is 0 Å². The highest BCUT2D eigenvalue weighted by molar-refractivity contribution is 6.31. The first-order chi connectivity index (χ1) is 14.7. The third-order valence-corrected chi connectivity index (χ3v) is 5.92. The van der Waals surface area contributed by atoms with Gasteiger partial charge >= 0.3 is 0 Å². The quantitative estimate of drug-likeness (QED) is 0.560. The van der Waals surface area contributed by atoms with E-state index >= 15 is 0 Å². The molecule has 0 N–H and O–H groups in total. The standard InChI is InChI=1S/C24H29ClN2O3/c1-2-3-13-26-20-9-5-4-8-19(20)24(28)27(21-12-11-18(25)17-22(21)26)14-16-30-23-10-6-7-15-29-23/h4-5,8-9,11-12,17,23H,2-3,6-7,10,13-16H2,1H3. The Morgan fingerprint density at radius 3 is 2.73 bits per heavy atom. The molecule has 0 aliphatic carbocycles. The molecular weight excluding hydrogens is 400 g/mol. The molecule has 2 aromatic rings. The molecule has 6 heteroatoms. The highest BCUT2D eigenvalue weighted by Gasteiger charge is 2.31. The number of nitrogens with zero attached hydrogens (tertiary/aromatic N) is 2. The van der Waals surface area contributed by atoms with Gasteiger partial charge in [-0.15, -0.1) is 0 Å². The third-order valence-electron chi connectivity index (χ3n) is 5.68. The second-order valence-corrected chi connectivity index (χ2v) is 8.22. The van der Waals surface area contributed by atoms with Crippen LogP contribution in [-0.4, -0.2) is 38.5 Å². The van der Waals surface area contributed by atoms with Gasteiger partial charge in [-0.05, 0) is 56.0 Å². The molecule has 1 fully saturated rings. The van der Waals surface area contributed by atoms with Gasteiger partial charge in [0.15, 0.2) is 6.29 Å². The molecular formula is C24H29ClN2O3. The van der Waals surface area contributed by atoms with E-state index in [0.29, 0.717) is 23.7 Å². The van der Waals surface area contributed by atoms with E-state index in [2.05, 4.69) is 11.8 Å². The van der Waals surface area contributed by atoms with Crippen molar-refractivity contribution in [1.82, 2.24) is 0 Å². The molecule has 4 rings (SSSR count). The van der Waals surface area contributed by atoms with Crippen molar-refractivity contribution in [3.05, 3.63) is 53.1 Å². The predicted molar refractivity (Wildman–Crippen MR) is 121 cm³/mol. The number of unbranched alkanes of at least 4 members (excludes halogenated alkanes) is 1. The molecule has 1 unspecified atom stereocenters. The Bertz CT molecular complexity index is 883. The number of benzene rings is 2. The van der Waals surface area contributed by atoms with E-state index in [1.807, 2.05) is 47.4 Å². The lowest BCUT2D eigenvalue weighted by molar-refractivity contribution is -0.160. The number of amides is 1. The fraction of sp³-hybridized carbons (Fsp3) is 0.458. The number of rotatable bonds is 7. The Kier molecular flexibility index (Phi) is 6.93. The van der Waals surface area contributed by atoms with Crippen LogP contribution in [0.25, 0.3) is 0 Å². The summed E-state index contributed by atoms with van der Waals surface area (Å²) >= 11 is 6.38. The van der Waals surface area contributed by atoms with Crippen molar-refractivity contribution in [2.45, 2.75) is 45.3 Å². The van der Waals surface area contributed by atoms with Crippen molar-refractivity contribution in [2.24, 2.45) is 0 Å². The van der Waals surface area contributed by atoms with E-state index in [1.165, 1.54) is 0 Å².